The third-order valence-electron chi connectivity index (χ3n) is 2.87. The van der Waals surface area contributed by atoms with E-state index in [1.54, 1.807) is 12.1 Å². The molecule has 2 atom stereocenters. The molecule has 0 amide bonds. The van der Waals surface area contributed by atoms with Crippen LogP contribution in [0.4, 0.5) is 0 Å². The summed E-state index contributed by atoms with van der Waals surface area (Å²) in [5.41, 5.74) is -0.839. The molecule has 0 aliphatic carbocycles. The van der Waals surface area contributed by atoms with Crippen molar-refractivity contribution in [3.8, 4) is 0 Å². The zero-order valence-electron chi connectivity index (χ0n) is 9.50. The molecule has 17 heavy (non-hydrogen) atoms. The number of aliphatic hydroxyl groups excluding tert-OH is 1. The minimum Gasteiger partial charge on any atom is -0.394 e. The van der Waals surface area contributed by atoms with E-state index in [1.165, 1.54) is 16.8 Å². The molecule has 1 aliphatic rings. The lowest BCUT2D eigenvalue weighted by Crippen LogP contribution is -2.36. The molecular formula is C10H15N3O4. The summed E-state index contributed by atoms with van der Waals surface area (Å²) in [6.07, 6.45) is 1.89. The van der Waals surface area contributed by atoms with Crippen molar-refractivity contribution in [3.05, 3.63) is 33.1 Å². The average Bonchev–Trinajstić information content (AvgIpc) is 2.64. The monoisotopic (exact) mass is 241 g/mol. The molecule has 0 saturated carbocycles. The van der Waals surface area contributed by atoms with Crippen LogP contribution < -0.4 is 11.2 Å². The number of aromatic amines is 1. The molecule has 7 nitrogen and oxygen atoms in total. The zero-order chi connectivity index (χ0) is 12.4. The Morgan fingerprint density at radius 3 is 2.94 bits per heavy atom. The number of rotatable bonds is 3. The molecule has 0 unspecified atom stereocenters. The van der Waals surface area contributed by atoms with E-state index in [-0.39, 0.29) is 18.8 Å². The number of hydroxylamine groups is 2. The van der Waals surface area contributed by atoms with Crippen LogP contribution in [0.1, 0.15) is 6.42 Å². The van der Waals surface area contributed by atoms with Gasteiger partial charge in [0.25, 0.3) is 5.56 Å². The molecule has 2 N–H and O–H groups in total. The van der Waals surface area contributed by atoms with Gasteiger partial charge in [0.05, 0.1) is 12.6 Å². The number of nitrogens with one attached hydrogen (secondary N) is 1. The van der Waals surface area contributed by atoms with Crippen LogP contribution in [-0.2, 0) is 11.4 Å². The van der Waals surface area contributed by atoms with Crippen molar-refractivity contribution in [2.75, 3.05) is 13.7 Å². The first-order valence-corrected chi connectivity index (χ1v) is 5.40. The first-order valence-electron chi connectivity index (χ1n) is 5.40. The molecule has 0 bridgehead atoms. The van der Waals surface area contributed by atoms with Crippen molar-refractivity contribution in [1.82, 2.24) is 14.6 Å². The minimum atomic E-state index is -0.432. The van der Waals surface area contributed by atoms with E-state index in [0.29, 0.717) is 13.0 Å². The van der Waals surface area contributed by atoms with Crippen LogP contribution in [0.2, 0.25) is 0 Å². The molecule has 0 aromatic carbocycles. The van der Waals surface area contributed by atoms with Crippen LogP contribution in [0.5, 0.6) is 0 Å². The van der Waals surface area contributed by atoms with Crippen LogP contribution in [0.25, 0.3) is 0 Å². The Hall–Kier alpha value is -1.44. The molecule has 0 radical (unpaired) electrons. The van der Waals surface area contributed by atoms with Gasteiger partial charge in [0.15, 0.2) is 0 Å². The second-order valence-corrected chi connectivity index (χ2v) is 4.11. The van der Waals surface area contributed by atoms with E-state index >= 15 is 0 Å². The van der Waals surface area contributed by atoms with Gasteiger partial charge >= 0.3 is 5.69 Å². The molecular weight excluding hydrogens is 226 g/mol. The second-order valence-electron chi connectivity index (χ2n) is 4.11. The number of hydrogen-bond acceptors (Lipinski definition) is 5. The fourth-order valence-corrected chi connectivity index (χ4v) is 1.93. The van der Waals surface area contributed by atoms with Crippen LogP contribution in [0, 0.1) is 0 Å². The van der Waals surface area contributed by atoms with Gasteiger partial charge in [-0.15, -0.1) is 0 Å². The molecule has 2 rings (SSSR count). The Labute approximate surface area is 97.2 Å². The Morgan fingerprint density at radius 1 is 1.59 bits per heavy atom. The lowest BCUT2D eigenvalue weighted by atomic mass is 10.1. The van der Waals surface area contributed by atoms with Crippen molar-refractivity contribution in [2.24, 2.45) is 0 Å². The van der Waals surface area contributed by atoms with Crippen molar-refractivity contribution in [1.29, 1.82) is 0 Å². The van der Waals surface area contributed by atoms with Gasteiger partial charge in [-0.05, 0) is 6.42 Å². The second kappa shape index (κ2) is 4.82. The minimum absolute atomic E-state index is 0.00996. The standard InChI is InChI=1S/C10H15N3O4/c1-12-7(4-8(6-14)17-12)5-13-3-2-9(15)11-10(13)16/h2-3,7-8,14H,4-6H2,1H3,(H,11,15,16)/t7-,8+/m0/s1. The number of likely N-dealkylation sites (N-methyl/N-ethyl adjacent to an activating group) is 1. The Balaban J connectivity index is 2.11. The molecule has 7 heteroatoms. The fraction of sp³-hybridized carbons (Fsp3) is 0.600. The number of aliphatic hydroxyl groups is 1. The summed E-state index contributed by atoms with van der Waals surface area (Å²) in [6.45, 7) is 0.379. The van der Waals surface area contributed by atoms with E-state index in [9.17, 15) is 9.59 Å². The van der Waals surface area contributed by atoms with Crippen molar-refractivity contribution >= 4 is 0 Å². The van der Waals surface area contributed by atoms with Crippen LogP contribution in [0.3, 0.4) is 0 Å². The quantitative estimate of drug-likeness (QED) is 0.675. The van der Waals surface area contributed by atoms with Crippen LogP contribution >= 0.6 is 0 Å². The van der Waals surface area contributed by atoms with Crippen molar-refractivity contribution < 1.29 is 9.94 Å². The predicted octanol–water partition coefficient (Wildman–Crippen LogP) is -1.47. The van der Waals surface area contributed by atoms with Gasteiger partial charge in [0, 0.05) is 25.9 Å². The summed E-state index contributed by atoms with van der Waals surface area (Å²) < 4.78 is 1.42. The van der Waals surface area contributed by atoms with Gasteiger partial charge in [0.2, 0.25) is 0 Å². The summed E-state index contributed by atoms with van der Waals surface area (Å²) in [4.78, 5) is 29.9. The maximum Gasteiger partial charge on any atom is 0.328 e. The fourth-order valence-electron chi connectivity index (χ4n) is 1.93. The molecule has 1 aliphatic heterocycles. The summed E-state index contributed by atoms with van der Waals surface area (Å²) in [5.74, 6) is 0. The number of hydrogen-bond donors (Lipinski definition) is 2. The lowest BCUT2D eigenvalue weighted by molar-refractivity contribution is -0.153. The first kappa shape index (κ1) is 12.0. The van der Waals surface area contributed by atoms with E-state index in [2.05, 4.69) is 4.98 Å². The van der Waals surface area contributed by atoms with Crippen LogP contribution in [-0.4, -0.2) is 45.5 Å². The average molecular weight is 241 g/mol. The number of nitrogens with zero attached hydrogens (tertiary/aromatic N) is 2. The van der Waals surface area contributed by atoms with Crippen molar-refractivity contribution in [3.63, 3.8) is 0 Å². The molecule has 1 fully saturated rings. The normalized spacial score (nSPS) is 25.3. The maximum absolute atomic E-state index is 11.5. The van der Waals surface area contributed by atoms with E-state index in [4.69, 9.17) is 9.94 Å². The van der Waals surface area contributed by atoms with E-state index in [1.807, 2.05) is 0 Å². The highest BCUT2D eigenvalue weighted by atomic mass is 16.7. The van der Waals surface area contributed by atoms with Gasteiger partial charge in [-0.3, -0.25) is 19.2 Å². The largest absolute Gasteiger partial charge is 0.394 e. The number of H-pyrrole nitrogens is 1. The zero-order valence-corrected chi connectivity index (χ0v) is 9.50. The predicted molar refractivity (Wildman–Crippen MR) is 59.4 cm³/mol. The Morgan fingerprint density at radius 2 is 2.35 bits per heavy atom. The van der Waals surface area contributed by atoms with Gasteiger partial charge in [0.1, 0.15) is 6.10 Å². The summed E-state index contributed by atoms with van der Waals surface area (Å²) in [5, 5.41) is 10.6. The first-order chi connectivity index (χ1) is 8.10. The van der Waals surface area contributed by atoms with Gasteiger partial charge in [-0.25, -0.2) is 4.79 Å². The molecule has 2 heterocycles. The molecule has 1 aromatic heterocycles. The van der Waals surface area contributed by atoms with Gasteiger partial charge in [-0.2, -0.15) is 5.06 Å². The van der Waals surface area contributed by atoms with E-state index in [0.717, 1.165) is 0 Å². The smallest absolute Gasteiger partial charge is 0.328 e. The maximum atomic E-state index is 11.5. The number of aromatic nitrogens is 2. The highest BCUT2D eigenvalue weighted by Gasteiger charge is 2.30. The topological polar surface area (TPSA) is 87.6 Å². The highest BCUT2D eigenvalue weighted by molar-refractivity contribution is 4.85. The van der Waals surface area contributed by atoms with E-state index < -0.39 is 11.2 Å². The lowest BCUT2D eigenvalue weighted by Gasteiger charge is -2.17. The Kier molecular flexibility index (Phi) is 3.41. The SMILES string of the molecule is CN1O[C@@H](CO)C[C@H]1Cn1ccc(=O)[nH]c1=O. The molecule has 94 valence electrons. The third kappa shape index (κ3) is 2.63. The Bertz CT molecular complexity index is 495. The van der Waals surface area contributed by atoms with Crippen LogP contribution in [0.15, 0.2) is 21.9 Å². The summed E-state index contributed by atoms with van der Waals surface area (Å²) in [7, 11) is 1.76. The van der Waals surface area contributed by atoms with Gasteiger partial charge < -0.3 is 5.11 Å². The highest BCUT2D eigenvalue weighted by Crippen LogP contribution is 2.19. The van der Waals surface area contributed by atoms with Crippen molar-refractivity contribution in [2.45, 2.75) is 25.1 Å². The summed E-state index contributed by atoms with van der Waals surface area (Å²) >= 11 is 0. The molecule has 1 aromatic rings. The van der Waals surface area contributed by atoms with Gasteiger partial charge in [-0.1, -0.05) is 0 Å². The summed E-state index contributed by atoms with van der Waals surface area (Å²) in [6, 6.07) is 1.32. The molecule has 0 spiro atoms. The third-order valence-corrected chi connectivity index (χ3v) is 2.87. The molecule has 1 saturated heterocycles.